The molecule has 0 saturated heterocycles. The fourth-order valence-corrected chi connectivity index (χ4v) is 1.57. The van der Waals surface area contributed by atoms with Gasteiger partial charge in [0.05, 0.1) is 6.61 Å². The summed E-state index contributed by atoms with van der Waals surface area (Å²) in [7, 11) is 0. The minimum atomic E-state index is -0.565. The highest BCUT2D eigenvalue weighted by atomic mass is 127. The number of rotatable bonds is 4. The van der Waals surface area contributed by atoms with E-state index < -0.39 is 6.04 Å². The van der Waals surface area contributed by atoms with Gasteiger partial charge in [-0.25, -0.2) is 0 Å². The summed E-state index contributed by atoms with van der Waals surface area (Å²) in [5.74, 6) is -0.337. The van der Waals surface area contributed by atoms with Crippen LogP contribution in [0.4, 0.5) is 0 Å². The van der Waals surface area contributed by atoms with Crippen LogP contribution in [-0.2, 0) is 16.0 Å². The predicted octanol–water partition coefficient (Wildman–Crippen LogP) is 1.72. The molecule has 2 N–H and O–H groups in total. The largest absolute Gasteiger partial charge is 0.465 e. The van der Waals surface area contributed by atoms with Crippen molar-refractivity contribution in [2.75, 3.05) is 6.61 Å². The van der Waals surface area contributed by atoms with Gasteiger partial charge in [-0.3, -0.25) is 4.79 Å². The molecule has 1 aromatic rings. The highest BCUT2D eigenvalue weighted by molar-refractivity contribution is 14.1. The molecule has 1 atom stereocenters. The van der Waals surface area contributed by atoms with Gasteiger partial charge in [-0.2, -0.15) is 0 Å². The topological polar surface area (TPSA) is 52.3 Å². The molecule has 0 aliphatic heterocycles. The molecule has 0 heterocycles. The zero-order valence-electron chi connectivity index (χ0n) is 8.57. The number of hydrogen-bond acceptors (Lipinski definition) is 3. The van der Waals surface area contributed by atoms with Crippen molar-refractivity contribution in [2.24, 2.45) is 5.73 Å². The van der Waals surface area contributed by atoms with Crippen LogP contribution in [0, 0.1) is 3.57 Å². The van der Waals surface area contributed by atoms with Gasteiger partial charge in [-0.1, -0.05) is 12.1 Å². The second-order valence-corrected chi connectivity index (χ2v) is 4.43. The van der Waals surface area contributed by atoms with Crippen molar-refractivity contribution in [3.05, 3.63) is 33.4 Å². The Hall–Kier alpha value is -0.620. The van der Waals surface area contributed by atoms with Gasteiger partial charge in [0, 0.05) is 3.57 Å². The number of ether oxygens (including phenoxy) is 1. The van der Waals surface area contributed by atoms with Crippen LogP contribution in [0.1, 0.15) is 12.5 Å². The molecule has 4 heteroatoms. The van der Waals surface area contributed by atoms with Gasteiger partial charge in [-0.15, -0.1) is 0 Å². The molecule has 82 valence electrons. The Morgan fingerprint density at radius 3 is 2.60 bits per heavy atom. The number of hydrogen-bond donors (Lipinski definition) is 1. The Balaban J connectivity index is 2.54. The molecule has 0 aliphatic rings. The molecule has 0 amide bonds. The molecule has 0 radical (unpaired) electrons. The van der Waals surface area contributed by atoms with Crippen molar-refractivity contribution in [3.63, 3.8) is 0 Å². The average molecular weight is 319 g/mol. The van der Waals surface area contributed by atoms with E-state index in [0.29, 0.717) is 13.0 Å². The first kappa shape index (κ1) is 12.4. The summed E-state index contributed by atoms with van der Waals surface area (Å²) < 4.78 is 6.00. The third-order valence-electron chi connectivity index (χ3n) is 1.96. The van der Waals surface area contributed by atoms with E-state index in [4.69, 9.17) is 10.5 Å². The summed E-state index contributed by atoms with van der Waals surface area (Å²) in [5.41, 5.74) is 6.75. The van der Waals surface area contributed by atoms with E-state index in [2.05, 4.69) is 22.6 Å². The van der Waals surface area contributed by atoms with E-state index >= 15 is 0 Å². The Morgan fingerprint density at radius 2 is 2.07 bits per heavy atom. The molecule has 3 nitrogen and oxygen atoms in total. The molecular weight excluding hydrogens is 305 g/mol. The second-order valence-electron chi connectivity index (χ2n) is 3.19. The van der Waals surface area contributed by atoms with Crippen LogP contribution in [-0.4, -0.2) is 18.6 Å². The van der Waals surface area contributed by atoms with Crippen molar-refractivity contribution in [3.8, 4) is 0 Å². The lowest BCUT2D eigenvalue weighted by atomic mass is 10.1. The van der Waals surface area contributed by atoms with E-state index in [9.17, 15) is 4.79 Å². The van der Waals surface area contributed by atoms with E-state index in [-0.39, 0.29) is 5.97 Å². The molecule has 15 heavy (non-hydrogen) atoms. The monoisotopic (exact) mass is 319 g/mol. The lowest BCUT2D eigenvalue weighted by molar-refractivity contribution is -0.144. The fraction of sp³-hybridized carbons (Fsp3) is 0.364. The molecule has 0 saturated carbocycles. The number of carbonyl (C=O) groups is 1. The quantitative estimate of drug-likeness (QED) is 0.679. The normalized spacial score (nSPS) is 12.2. The van der Waals surface area contributed by atoms with E-state index in [1.54, 1.807) is 6.92 Å². The Bertz CT molecular complexity index is 324. The maximum atomic E-state index is 11.3. The van der Waals surface area contributed by atoms with E-state index in [1.165, 1.54) is 3.57 Å². The van der Waals surface area contributed by atoms with Crippen LogP contribution >= 0.6 is 22.6 Å². The van der Waals surface area contributed by atoms with Gasteiger partial charge < -0.3 is 10.5 Å². The molecule has 0 aromatic heterocycles. The molecular formula is C11H14INO2. The van der Waals surface area contributed by atoms with Crippen LogP contribution in [0.25, 0.3) is 0 Å². The highest BCUT2D eigenvalue weighted by Crippen LogP contribution is 2.08. The van der Waals surface area contributed by atoms with Crippen LogP contribution in [0.5, 0.6) is 0 Å². The second kappa shape index (κ2) is 6.07. The van der Waals surface area contributed by atoms with Crippen molar-refractivity contribution in [1.82, 2.24) is 0 Å². The summed E-state index contributed by atoms with van der Waals surface area (Å²) in [5, 5.41) is 0. The Kier molecular flexibility index (Phi) is 5.04. The first-order chi connectivity index (χ1) is 7.13. The SMILES string of the molecule is CCOC(=O)[C@H](N)Cc1ccc(I)cc1. The highest BCUT2D eigenvalue weighted by Gasteiger charge is 2.14. The zero-order valence-corrected chi connectivity index (χ0v) is 10.7. The average Bonchev–Trinajstić information content (AvgIpc) is 2.22. The molecule has 0 fully saturated rings. The molecule has 1 rings (SSSR count). The third kappa shape index (κ3) is 4.17. The number of halogens is 1. The van der Waals surface area contributed by atoms with Crippen molar-refractivity contribution < 1.29 is 9.53 Å². The molecule has 1 aromatic carbocycles. The standard InChI is InChI=1S/C11H14INO2/c1-2-15-11(14)10(13)7-8-3-5-9(12)6-4-8/h3-6,10H,2,7,13H2,1H3/t10-/m1/s1. The van der Waals surface area contributed by atoms with Crippen LogP contribution in [0.2, 0.25) is 0 Å². The molecule has 0 unspecified atom stereocenters. The Morgan fingerprint density at radius 1 is 1.47 bits per heavy atom. The molecule has 0 bridgehead atoms. The van der Waals surface area contributed by atoms with Gasteiger partial charge in [-0.05, 0) is 53.6 Å². The summed E-state index contributed by atoms with van der Waals surface area (Å²) in [6, 6.07) is 7.37. The first-order valence-electron chi connectivity index (χ1n) is 4.80. The van der Waals surface area contributed by atoms with E-state index in [1.807, 2.05) is 24.3 Å². The first-order valence-corrected chi connectivity index (χ1v) is 5.88. The minimum absolute atomic E-state index is 0.337. The van der Waals surface area contributed by atoms with Gasteiger partial charge >= 0.3 is 5.97 Å². The summed E-state index contributed by atoms with van der Waals surface area (Å²) >= 11 is 2.23. The van der Waals surface area contributed by atoms with Crippen molar-refractivity contribution in [2.45, 2.75) is 19.4 Å². The smallest absolute Gasteiger partial charge is 0.323 e. The fourth-order valence-electron chi connectivity index (χ4n) is 1.21. The van der Waals surface area contributed by atoms with Gasteiger partial charge in [0.1, 0.15) is 6.04 Å². The molecule has 0 spiro atoms. The van der Waals surface area contributed by atoms with Crippen LogP contribution in [0.15, 0.2) is 24.3 Å². The maximum absolute atomic E-state index is 11.3. The lowest BCUT2D eigenvalue weighted by Crippen LogP contribution is -2.34. The van der Waals surface area contributed by atoms with Gasteiger partial charge in [0.15, 0.2) is 0 Å². The molecule has 0 aliphatic carbocycles. The number of nitrogens with two attached hydrogens (primary N) is 1. The third-order valence-corrected chi connectivity index (χ3v) is 2.68. The maximum Gasteiger partial charge on any atom is 0.323 e. The summed E-state index contributed by atoms with van der Waals surface area (Å²) in [4.78, 5) is 11.3. The van der Waals surface area contributed by atoms with Crippen molar-refractivity contribution >= 4 is 28.6 Å². The van der Waals surface area contributed by atoms with Crippen LogP contribution in [0.3, 0.4) is 0 Å². The van der Waals surface area contributed by atoms with Gasteiger partial charge in [0.25, 0.3) is 0 Å². The predicted molar refractivity (Wildman–Crippen MR) is 67.5 cm³/mol. The number of benzene rings is 1. The minimum Gasteiger partial charge on any atom is -0.465 e. The zero-order chi connectivity index (χ0) is 11.3. The number of esters is 1. The lowest BCUT2D eigenvalue weighted by Gasteiger charge is -2.10. The van der Waals surface area contributed by atoms with Crippen LogP contribution < -0.4 is 5.73 Å². The van der Waals surface area contributed by atoms with Crippen molar-refractivity contribution in [1.29, 1.82) is 0 Å². The number of carbonyl (C=O) groups excluding carboxylic acids is 1. The van der Waals surface area contributed by atoms with Gasteiger partial charge in [0.2, 0.25) is 0 Å². The Labute approximate surface area is 103 Å². The summed E-state index contributed by atoms with van der Waals surface area (Å²) in [6.45, 7) is 2.15. The van der Waals surface area contributed by atoms with E-state index in [0.717, 1.165) is 5.56 Å². The summed E-state index contributed by atoms with van der Waals surface area (Å²) in [6.07, 6.45) is 0.524.